The number of aliphatic carboxylic acids is 1. The fraction of sp³-hybridized carbons (Fsp3) is 0.677. The number of likely N-dealkylation sites (tertiary alicyclic amines) is 1. The smallest absolute Gasteiger partial charge is 0.309 e. The zero-order chi connectivity index (χ0) is 28.0. The molecule has 8 nitrogen and oxygen atoms in total. The SMILES string of the molecule is COc1ccc2ncc(CN3CCOCC3)c(C(O)CCC3(C(=O)O)CCN(CCSC4CCCC4)CC3)c2c1. The minimum atomic E-state index is -0.791. The fourth-order valence-electron chi connectivity index (χ4n) is 6.62. The second-order valence-electron chi connectivity index (χ2n) is 11.7. The van der Waals surface area contributed by atoms with Crippen LogP contribution in [0.25, 0.3) is 10.9 Å². The van der Waals surface area contributed by atoms with Crippen molar-refractivity contribution in [2.75, 3.05) is 58.8 Å². The van der Waals surface area contributed by atoms with Crippen molar-refractivity contribution in [3.63, 3.8) is 0 Å². The van der Waals surface area contributed by atoms with E-state index >= 15 is 0 Å². The highest BCUT2D eigenvalue weighted by Crippen LogP contribution is 2.41. The summed E-state index contributed by atoms with van der Waals surface area (Å²) in [6, 6.07) is 5.74. The Morgan fingerprint density at radius 1 is 1.18 bits per heavy atom. The van der Waals surface area contributed by atoms with Gasteiger partial charge in [0.15, 0.2) is 0 Å². The molecule has 1 aromatic carbocycles. The van der Waals surface area contributed by atoms with Crippen LogP contribution in [0.5, 0.6) is 5.75 Å². The lowest BCUT2D eigenvalue weighted by Gasteiger charge is -2.39. The number of carbonyl (C=O) groups is 1. The Kier molecular flexibility index (Phi) is 10.2. The molecule has 1 atom stereocenters. The van der Waals surface area contributed by atoms with Gasteiger partial charge in [-0.05, 0) is 80.9 Å². The fourth-order valence-corrected chi connectivity index (χ4v) is 7.98. The van der Waals surface area contributed by atoms with Crippen LogP contribution in [0.15, 0.2) is 24.4 Å². The molecular weight excluding hydrogens is 526 g/mol. The zero-order valence-corrected chi connectivity index (χ0v) is 24.7. The molecule has 1 aromatic heterocycles. The Hall–Kier alpha value is -1.91. The maximum atomic E-state index is 12.6. The quantitative estimate of drug-likeness (QED) is 0.375. The molecule has 2 saturated heterocycles. The predicted molar refractivity (Wildman–Crippen MR) is 159 cm³/mol. The highest BCUT2D eigenvalue weighted by atomic mass is 32.2. The second kappa shape index (κ2) is 13.8. The Bertz CT molecular complexity index is 1130. The first-order valence-electron chi connectivity index (χ1n) is 15.0. The summed E-state index contributed by atoms with van der Waals surface area (Å²) in [5, 5.41) is 23.7. The van der Waals surface area contributed by atoms with Gasteiger partial charge in [0.2, 0.25) is 0 Å². The minimum absolute atomic E-state index is 0.399. The Balaban J connectivity index is 1.27. The van der Waals surface area contributed by atoms with Crippen molar-refractivity contribution < 1.29 is 24.5 Å². The van der Waals surface area contributed by atoms with Crippen molar-refractivity contribution in [3.05, 3.63) is 35.5 Å². The lowest BCUT2D eigenvalue weighted by molar-refractivity contribution is -0.153. The molecular formula is C31H45N3O5S. The molecule has 3 fully saturated rings. The summed E-state index contributed by atoms with van der Waals surface area (Å²) in [5.41, 5.74) is 1.84. The molecule has 0 spiro atoms. The van der Waals surface area contributed by atoms with Crippen LogP contribution in [-0.4, -0.2) is 95.0 Å². The number of aliphatic hydroxyl groups excluding tert-OH is 1. The van der Waals surface area contributed by atoms with Crippen molar-refractivity contribution in [2.24, 2.45) is 5.41 Å². The van der Waals surface area contributed by atoms with E-state index in [4.69, 9.17) is 9.47 Å². The van der Waals surface area contributed by atoms with Crippen molar-refractivity contribution in [1.82, 2.24) is 14.8 Å². The third-order valence-corrected chi connectivity index (χ3v) is 10.6. The molecule has 1 unspecified atom stereocenters. The highest BCUT2D eigenvalue weighted by molar-refractivity contribution is 7.99. The topological polar surface area (TPSA) is 95.4 Å². The molecule has 1 saturated carbocycles. The van der Waals surface area contributed by atoms with Gasteiger partial charge in [-0.1, -0.05) is 12.8 Å². The van der Waals surface area contributed by atoms with Gasteiger partial charge in [-0.25, -0.2) is 0 Å². The third-order valence-electron chi connectivity index (χ3n) is 9.26. The third kappa shape index (κ3) is 7.10. The molecule has 0 radical (unpaired) electrons. The average Bonchev–Trinajstić information content (AvgIpc) is 3.50. The largest absolute Gasteiger partial charge is 0.497 e. The second-order valence-corrected chi connectivity index (χ2v) is 13.1. The number of pyridine rings is 1. The Morgan fingerprint density at radius 2 is 1.93 bits per heavy atom. The van der Waals surface area contributed by atoms with Crippen LogP contribution >= 0.6 is 11.8 Å². The van der Waals surface area contributed by atoms with E-state index in [1.807, 2.05) is 24.4 Å². The normalized spacial score (nSPS) is 21.6. The number of thioether (sulfide) groups is 1. The number of fused-ring (bicyclic) bond motifs is 1. The first-order chi connectivity index (χ1) is 19.5. The number of rotatable bonds is 12. The molecule has 2 aliphatic heterocycles. The van der Waals surface area contributed by atoms with E-state index in [0.29, 0.717) is 51.2 Å². The van der Waals surface area contributed by atoms with Gasteiger partial charge in [0.05, 0.1) is 37.4 Å². The number of ether oxygens (including phenoxy) is 2. The number of carboxylic acid groups (broad SMARTS) is 1. The Labute approximate surface area is 242 Å². The highest BCUT2D eigenvalue weighted by Gasteiger charge is 2.41. The molecule has 3 aliphatic rings. The summed E-state index contributed by atoms with van der Waals surface area (Å²) in [5.74, 6) is 1.12. The van der Waals surface area contributed by atoms with E-state index < -0.39 is 17.5 Å². The molecule has 220 valence electrons. The number of piperidine rings is 1. The maximum absolute atomic E-state index is 12.6. The van der Waals surface area contributed by atoms with Crippen LogP contribution in [0.3, 0.4) is 0 Å². The maximum Gasteiger partial charge on any atom is 0.309 e. The van der Waals surface area contributed by atoms with Crippen LogP contribution in [0.4, 0.5) is 0 Å². The summed E-state index contributed by atoms with van der Waals surface area (Å²) in [6.45, 7) is 6.40. The number of benzene rings is 1. The van der Waals surface area contributed by atoms with E-state index in [2.05, 4.69) is 26.5 Å². The zero-order valence-electron chi connectivity index (χ0n) is 23.9. The van der Waals surface area contributed by atoms with E-state index in [9.17, 15) is 15.0 Å². The van der Waals surface area contributed by atoms with Crippen molar-refractivity contribution >= 4 is 28.6 Å². The van der Waals surface area contributed by atoms with Gasteiger partial charge < -0.3 is 24.6 Å². The molecule has 1 aliphatic carbocycles. The molecule has 2 aromatic rings. The van der Waals surface area contributed by atoms with E-state index in [1.165, 1.54) is 25.7 Å². The van der Waals surface area contributed by atoms with Gasteiger partial charge in [0.25, 0.3) is 0 Å². The first kappa shape index (κ1) is 29.6. The molecule has 2 N–H and O–H groups in total. The van der Waals surface area contributed by atoms with E-state index in [0.717, 1.165) is 65.8 Å². The van der Waals surface area contributed by atoms with Gasteiger partial charge >= 0.3 is 5.97 Å². The van der Waals surface area contributed by atoms with E-state index in [-0.39, 0.29) is 0 Å². The summed E-state index contributed by atoms with van der Waals surface area (Å²) in [7, 11) is 1.64. The predicted octanol–water partition coefficient (Wildman–Crippen LogP) is 4.73. The average molecular weight is 572 g/mol. The molecule has 0 amide bonds. The number of aromatic nitrogens is 1. The van der Waals surface area contributed by atoms with Crippen LogP contribution < -0.4 is 4.74 Å². The number of nitrogens with zero attached hydrogens (tertiary/aromatic N) is 3. The molecule has 9 heteroatoms. The van der Waals surface area contributed by atoms with Crippen molar-refractivity contribution in [1.29, 1.82) is 0 Å². The van der Waals surface area contributed by atoms with Crippen LogP contribution in [-0.2, 0) is 16.1 Å². The van der Waals surface area contributed by atoms with Crippen molar-refractivity contribution in [3.8, 4) is 5.75 Å². The number of morpholine rings is 1. The van der Waals surface area contributed by atoms with Gasteiger partial charge in [-0.3, -0.25) is 14.7 Å². The summed E-state index contributed by atoms with van der Waals surface area (Å²) < 4.78 is 11.0. The number of aliphatic hydroxyl groups is 1. The van der Waals surface area contributed by atoms with Gasteiger partial charge in [-0.2, -0.15) is 11.8 Å². The number of hydrogen-bond donors (Lipinski definition) is 2. The van der Waals surface area contributed by atoms with Crippen LogP contribution in [0.1, 0.15) is 68.6 Å². The van der Waals surface area contributed by atoms with Crippen LogP contribution in [0.2, 0.25) is 0 Å². The number of methoxy groups -OCH3 is 1. The summed E-state index contributed by atoms with van der Waals surface area (Å²) in [4.78, 5) is 22.0. The lowest BCUT2D eigenvalue weighted by Crippen LogP contribution is -2.45. The van der Waals surface area contributed by atoms with Crippen LogP contribution in [0, 0.1) is 5.41 Å². The monoisotopic (exact) mass is 571 g/mol. The Morgan fingerprint density at radius 3 is 2.62 bits per heavy atom. The van der Waals surface area contributed by atoms with Crippen molar-refractivity contribution in [2.45, 2.75) is 69.3 Å². The lowest BCUT2D eigenvalue weighted by atomic mass is 9.74. The van der Waals surface area contributed by atoms with E-state index in [1.54, 1.807) is 7.11 Å². The first-order valence-corrected chi connectivity index (χ1v) is 16.0. The number of carboxylic acids is 1. The molecule has 3 heterocycles. The summed E-state index contributed by atoms with van der Waals surface area (Å²) in [6.07, 6.45) is 8.64. The standard InChI is InChI=1S/C31H45N3O5S/c1-38-24-6-7-27-26(20-24)29(23(21-32-27)22-34-14-17-39-18-15-34)28(35)8-9-31(30(36)37)10-12-33(13-11-31)16-19-40-25-4-2-3-5-25/h6-7,20-21,25,28,35H,2-5,8-19,22H2,1H3,(H,36,37). The molecule has 5 rings (SSSR count). The molecule has 0 bridgehead atoms. The number of hydrogen-bond acceptors (Lipinski definition) is 8. The van der Waals surface area contributed by atoms with Gasteiger partial charge in [0, 0.05) is 48.8 Å². The van der Waals surface area contributed by atoms with Gasteiger partial charge in [-0.15, -0.1) is 0 Å². The summed E-state index contributed by atoms with van der Waals surface area (Å²) >= 11 is 2.10. The van der Waals surface area contributed by atoms with Gasteiger partial charge in [0.1, 0.15) is 5.75 Å². The molecule has 40 heavy (non-hydrogen) atoms. The minimum Gasteiger partial charge on any atom is -0.497 e.